The zero-order valence-electron chi connectivity index (χ0n) is 14.0. The molecule has 2 rings (SSSR count). The van der Waals surface area contributed by atoms with Crippen molar-refractivity contribution in [3.63, 3.8) is 0 Å². The molecule has 4 heteroatoms. The fourth-order valence-electron chi connectivity index (χ4n) is 3.37. The first-order valence-electron chi connectivity index (χ1n) is 8.73. The van der Waals surface area contributed by atoms with E-state index in [4.69, 9.17) is 5.10 Å². The Bertz CT molecular complexity index is 397. The molecular formula is C17H32N4. The van der Waals surface area contributed by atoms with Crippen molar-refractivity contribution in [3.05, 3.63) is 18.0 Å². The van der Waals surface area contributed by atoms with Gasteiger partial charge in [0.25, 0.3) is 0 Å². The van der Waals surface area contributed by atoms with Crippen LogP contribution in [0.15, 0.2) is 12.3 Å². The summed E-state index contributed by atoms with van der Waals surface area (Å²) in [4.78, 5) is 2.57. The predicted octanol–water partition coefficient (Wildman–Crippen LogP) is 3.07. The van der Waals surface area contributed by atoms with E-state index in [0.29, 0.717) is 6.04 Å². The number of rotatable bonds is 8. The molecule has 1 saturated heterocycles. The van der Waals surface area contributed by atoms with Gasteiger partial charge in [-0.1, -0.05) is 20.8 Å². The number of likely N-dealkylation sites (tertiary alicyclic amines) is 1. The molecule has 120 valence electrons. The largest absolute Gasteiger partial charge is 0.317 e. The maximum Gasteiger partial charge on any atom is 0.0764 e. The second-order valence-electron chi connectivity index (χ2n) is 6.31. The Labute approximate surface area is 129 Å². The van der Waals surface area contributed by atoms with E-state index in [0.717, 1.165) is 38.4 Å². The molecule has 2 heterocycles. The summed E-state index contributed by atoms with van der Waals surface area (Å²) in [6, 6.07) is 2.76. The first-order chi connectivity index (χ1) is 10.3. The molecule has 0 radical (unpaired) electrons. The van der Waals surface area contributed by atoms with E-state index in [1.165, 1.54) is 31.6 Å². The smallest absolute Gasteiger partial charge is 0.0764 e. The third-order valence-electron chi connectivity index (χ3n) is 4.65. The van der Waals surface area contributed by atoms with Gasteiger partial charge in [0.05, 0.1) is 11.7 Å². The van der Waals surface area contributed by atoms with Crippen LogP contribution in [-0.2, 0) is 6.54 Å². The van der Waals surface area contributed by atoms with Gasteiger partial charge in [0.1, 0.15) is 0 Å². The van der Waals surface area contributed by atoms with E-state index in [9.17, 15) is 0 Å². The molecule has 1 aliphatic heterocycles. The number of aromatic nitrogens is 2. The molecule has 0 saturated carbocycles. The molecule has 1 fully saturated rings. The van der Waals surface area contributed by atoms with Crippen LogP contribution in [0.3, 0.4) is 0 Å². The molecule has 0 bridgehead atoms. The average Bonchev–Trinajstić information content (AvgIpc) is 2.95. The zero-order valence-corrected chi connectivity index (χ0v) is 14.0. The van der Waals surface area contributed by atoms with Crippen molar-refractivity contribution in [2.75, 3.05) is 26.2 Å². The van der Waals surface area contributed by atoms with Gasteiger partial charge >= 0.3 is 0 Å². The molecule has 1 aliphatic rings. The Morgan fingerprint density at radius 2 is 2.14 bits per heavy atom. The molecule has 0 spiro atoms. The van der Waals surface area contributed by atoms with E-state index in [1.807, 2.05) is 0 Å². The normalized spacial score (nSPS) is 20.3. The highest BCUT2D eigenvalue weighted by Gasteiger charge is 2.20. The van der Waals surface area contributed by atoms with Crippen LogP contribution in [0.2, 0.25) is 0 Å². The lowest BCUT2D eigenvalue weighted by atomic mass is 9.98. The van der Waals surface area contributed by atoms with Crippen LogP contribution in [0.4, 0.5) is 0 Å². The van der Waals surface area contributed by atoms with Crippen LogP contribution >= 0.6 is 0 Å². The lowest BCUT2D eigenvalue weighted by Crippen LogP contribution is -2.39. The van der Waals surface area contributed by atoms with Gasteiger partial charge in [-0.15, -0.1) is 0 Å². The molecule has 0 amide bonds. The van der Waals surface area contributed by atoms with Gasteiger partial charge in [-0.3, -0.25) is 9.58 Å². The van der Waals surface area contributed by atoms with E-state index in [-0.39, 0.29) is 0 Å². The minimum Gasteiger partial charge on any atom is -0.317 e. The summed E-state index contributed by atoms with van der Waals surface area (Å²) in [5.74, 6) is 0.805. The van der Waals surface area contributed by atoms with Gasteiger partial charge in [-0.2, -0.15) is 5.10 Å². The summed E-state index contributed by atoms with van der Waals surface area (Å²) < 4.78 is 2.16. The second kappa shape index (κ2) is 8.54. The molecule has 4 nitrogen and oxygen atoms in total. The Kier molecular flexibility index (Phi) is 6.71. The third kappa shape index (κ3) is 4.82. The Hall–Kier alpha value is -0.870. The van der Waals surface area contributed by atoms with Gasteiger partial charge in [0.2, 0.25) is 0 Å². The molecular weight excluding hydrogens is 260 g/mol. The van der Waals surface area contributed by atoms with Gasteiger partial charge in [0.15, 0.2) is 0 Å². The predicted molar refractivity (Wildman–Crippen MR) is 88.4 cm³/mol. The highest BCUT2D eigenvalue weighted by atomic mass is 15.3. The molecule has 21 heavy (non-hydrogen) atoms. The maximum atomic E-state index is 4.79. The Balaban J connectivity index is 1.86. The van der Waals surface area contributed by atoms with Crippen molar-refractivity contribution in [1.29, 1.82) is 0 Å². The first kappa shape index (κ1) is 16.5. The SMILES string of the molecule is CCNCC1CCCN(Cc2ccn(C(CC)CC)n2)C1. The Morgan fingerprint density at radius 1 is 1.33 bits per heavy atom. The lowest BCUT2D eigenvalue weighted by molar-refractivity contribution is 0.163. The fourth-order valence-corrected chi connectivity index (χ4v) is 3.37. The number of nitrogens with zero attached hydrogens (tertiary/aromatic N) is 3. The topological polar surface area (TPSA) is 33.1 Å². The van der Waals surface area contributed by atoms with Crippen LogP contribution in [0.1, 0.15) is 58.2 Å². The van der Waals surface area contributed by atoms with Gasteiger partial charge in [0, 0.05) is 19.3 Å². The van der Waals surface area contributed by atoms with Crippen molar-refractivity contribution < 1.29 is 0 Å². The molecule has 0 aromatic carbocycles. The van der Waals surface area contributed by atoms with Crippen molar-refractivity contribution in [1.82, 2.24) is 20.0 Å². The third-order valence-corrected chi connectivity index (χ3v) is 4.65. The summed E-state index contributed by atoms with van der Waals surface area (Å²) in [6.07, 6.45) is 7.17. The van der Waals surface area contributed by atoms with Crippen molar-refractivity contribution in [3.8, 4) is 0 Å². The maximum absolute atomic E-state index is 4.79. The lowest BCUT2D eigenvalue weighted by Gasteiger charge is -2.32. The van der Waals surface area contributed by atoms with Crippen LogP contribution in [0, 0.1) is 5.92 Å². The second-order valence-corrected chi connectivity index (χ2v) is 6.31. The van der Waals surface area contributed by atoms with E-state index >= 15 is 0 Å². The summed E-state index contributed by atoms with van der Waals surface area (Å²) in [7, 11) is 0. The van der Waals surface area contributed by atoms with Gasteiger partial charge in [-0.25, -0.2) is 0 Å². The number of hydrogen-bond acceptors (Lipinski definition) is 3. The minimum absolute atomic E-state index is 0.557. The molecule has 1 aromatic rings. The highest BCUT2D eigenvalue weighted by molar-refractivity contribution is 5.00. The van der Waals surface area contributed by atoms with E-state index < -0.39 is 0 Å². The van der Waals surface area contributed by atoms with Crippen molar-refractivity contribution in [2.45, 2.75) is 59.0 Å². The van der Waals surface area contributed by atoms with Gasteiger partial charge < -0.3 is 5.32 Å². The van der Waals surface area contributed by atoms with Crippen LogP contribution in [-0.4, -0.2) is 40.9 Å². The Morgan fingerprint density at radius 3 is 2.86 bits per heavy atom. The summed E-state index contributed by atoms with van der Waals surface area (Å²) in [6.45, 7) is 12.4. The molecule has 1 aromatic heterocycles. The van der Waals surface area contributed by atoms with Crippen LogP contribution < -0.4 is 5.32 Å². The molecule has 1 unspecified atom stereocenters. The van der Waals surface area contributed by atoms with E-state index in [1.54, 1.807) is 0 Å². The number of piperidine rings is 1. The summed E-state index contributed by atoms with van der Waals surface area (Å²) >= 11 is 0. The monoisotopic (exact) mass is 292 g/mol. The molecule has 0 aliphatic carbocycles. The van der Waals surface area contributed by atoms with Crippen molar-refractivity contribution >= 4 is 0 Å². The molecule has 1 atom stereocenters. The molecule has 1 N–H and O–H groups in total. The van der Waals surface area contributed by atoms with Crippen LogP contribution in [0.5, 0.6) is 0 Å². The number of hydrogen-bond donors (Lipinski definition) is 1. The standard InChI is InChI=1S/C17H32N4/c1-4-17(5-2)21-11-9-16(19-21)14-20-10-7-8-15(13-20)12-18-6-3/h9,11,15,17-18H,4-8,10,12-14H2,1-3H3. The van der Waals surface area contributed by atoms with E-state index in [2.05, 4.69) is 47.9 Å². The van der Waals surface area contributed by atoms with Crippen LogP contribution in [0.25, 0.3) is 0 Å². The fraction of sp³-hybridized carbons (Fsp3) is 0.824. The summed E-state index contributed by atoms with van der Waals surface area (Å²) in [5, 5.41) is 8.28. The zero-order chi connectivity index (χ0) is 15.1. The van der Waals surface area contributed by atoms with Gasteiger partial charge in [-0.05, 0) is 57.3 Å². The summed E-state index contributed by atoms with van der Waals surface area (Å²) in [5.41, 5.74) is 1.23. The minimum atomic E-state index is 0.557. The van der Waals surface area contributed by atoms with Crippen molar-refractivity contribution in [2.24, 2.45) is 5.92 Å². The quantitative estimate of drug-likeness (QED) is 0.799. The first-order valence-corrected chi connectivity index (χ1v) is 8.73. The average molecular weight is 292 g/mol. The highest BCUT2D eigenvalue weighted by Crippen LogP contribution is 2.19. The number of nitrogens with one attached hydrogen (secondary N) is 1.